The Morgan fingerprint density at radius 1 is 1.07 bits per heavy atom. The highest BCUT2D eigenvalue weighted by atomic mass is 16.5. The van der Waals surface area contributed by atoms with Gasteiger partial charge in [-0.3, -0.25) is 19.2 Å². The zero-order chi connectivity index (χ0) is 22.1. The lowest BCUT2D eigenvalue weighted by atomic mass is 10.0. The Kier molecular flexibility index (Phi) is 8.52. The zero-order valence-electron chi connectivity index (χ0n) is 17.1. The van der Waals surface area contributed by atoms with Gasteiger partial charge in [-0.2, -0.15) is 0 Å². The number of ketones is 1. The van der Waals surface area contributed by atoms with Crippen LogP contribution in [0.1, 0.15) is 38.2 Å². The van der Waals surface area contributed by atoms with Crippen LogP contribution in [-0.4, -0.2) is 54.7 Å². The fourth-order valence-electron chi connectivity index (χ4n) is 3.12. The number of carbonyl (C=O) groups is 5. The Balaban J connectivity index is 1.91. The lowest BCUT2D eigenvalue weighted by molar-refractivity contribution is -0.145. The van der Waals surface area contributed by atoms with Gasteiger partial charge < -0.3 is 20.7 Å². The van der Waals surface area contributed by atoms with E-state index >= 15 is 0 Å². The summed E-state index contributed by atoms with van der Waals surface area (Å²) in [5, 5.41) is 7.68. The second-order valence-electron chi connectivity index (χ2n) is 7.09. The number of ether oxygens (including phenoxy) is 1. The minimum atomic E-state index is -1.04. The Hall–Kier alpha value is -3.23. The number of Topliss-reactive ketones (excluding diaryl/α,β-unsaturated/α-hetero) is 1. The molecule has 3 amide bonds. The standard InChI is InChI=1S/C21H27N3O6/c1-3-14(25)9-10-15(21(29)30-2)22-18(26)12-17-20(28)23-16(19(27)24-17)11-13-7-5-4-6-8-13/h4-8,15-17H,3,9-12H2,1-2H3,(H,22,26)(H,23,28)(H,24,27)/t15-,16-,17-/m0/s1. The second-order valence-corrected chi connectivity index (χ2v) is 7.09. The monoisotopic (exact) mass is 417 g/mol. The van der Waals surface area contributed by atoms with Crippen LogP contribution in [0.2, 0.25) is 0 Å². The summed E-state index contributed by atoms with van der Waals surface area (Å²) in [6.45, 7) is 1.71. The third-order valence-electron chi connectivity index (χ3n) is 4.87. The molecule has 30 heavy (non-hydrogen) atoms. The maximum absolute atomic E-state index is 12.4. The van der Waals surface area contributed by atoms with Crippen molar-refractivity contribution >= 4 is 29.5 Å². The van der Waals surface area contributed by atoms with Crippen molar-refractivity contribution in [1.29, 1.82) is 0 Å². The van der Waals surface area contributed by atoms with Crippen LogP contribution in [0.3, 0.4) is 0 Å². The fraction of sp³-hybridized carbons (Fsp3) is 0.476. The van der Waals surface area contributed by atoms with E-state index in [2.05, 4.69) is 20.7 Å². The van der Waals surface area contributed by atoms with Crippen LogP contribution < -0.4 is 16.0 Å². The molecule has 2 rings (SSSR count). The van der Waals surface area contributed by atoms with E-state index in [0.29, 0.717) is 12.8 Å². The topological polar surface area (TPSA) is 131 Å². The maximum Gasteiger partial charge on any atom is 0.328 e. The number of amides is 3. The van der Waals surface area contributed by atoms with Gasteiger partial charge in [-0.25, -0.2) is 4.79 Å². The minimum absolute atomic E-state index is 0.0402. The number of methoxy groups -OCH3 is 1. The second kappa shape index (κ2) is 11.1. The Labute approximate surface area is 174 Å². The molecule has 0 spiro atoms. The van der Waals surface area contributed by atoms with Crippen molar-refractivity contribution in [3.63, 3.8) is 0 Å². The lowest BCUT2D eigenvalue weighted by Gasteiger charge is -2.29. The summed E-state index contributed by atoms with van der Waals surface area (Å²) in [7, 11) is 1.19. The molecule has 0 aliphatic carbocycles. The van der Waals surface area contributed by atoms with Crippen molar-refractivity contribution in [3.8, 4) is 0 Å². The summed E-state index contributed by atoms with van der Waals surface area (Å²) in [5.74, 6) is -2.17. The lowest BCUT2D eigenvalue weighted by Crippen LogP contribution is -2.63. The van der Waals surface area contributed by atoms with E-state index in [-0.39, 0.29) is 31.0 Å². The van der Waals surface area contributed by atoms with Gasteiger partial charge in [0.15, 0.2) is 0 Å². The third kappa shape index (κ3) is 6.68. The molecule has 9 nitrogen and oxygen atoms in total. The van der Waals surface area contributed by atoms with Gasteiger partial charge in [0.05, 0.1) is 13.5 Å². The Bertz CT molecular complexity index is 795. The number of hydrogen-bond donors (Lipinski definition) is 3. The molecular formula is C21H27N3O6. The summed E-state index contributed by atoms with van der Waals surface area (Å²) in [6.07, 6.45) is 0.574. The van der Waals surface area contributed by atoms with Crippen molar-refractivity contribution in [2.45, 2.75) is 57.2 Å². The molecule has 0 radical (unpaired) electrons. The van der Waals surface area contributed by atoms with E-state index in [9.17, 15) is 24.0 Å². The highest BCUT2D eigenvalue weighted by Crippen LogP contribution is 2.09. The van der Waals surface area contributed by atoms with Crippen molar-refractivity contribution in [3.05, 3.63) is 35.9 Å². The number of nitrogens with one attached hydrogen (secondary N) is 3. The zero-order valence-corrected chi connectivity index (χ0v) is 17.1. The predicted molar refractivity (Wildman–Crippen MR) is 107 cm³/mol. The van der Waals surface area contributed by atoms with Gasteiger partial charge in [0.2, 0.25) is 17.7 Å². The molecule has 1 aromatic carbocycles. The SMILES string of the molecule is CCC(=O)CC[C@H](NC(=O)C[C@@H]1NC(=O)[C@H](Cc2ccccc2)NC1=O)C(=O)OC. The largest absolute Gasteiger partial charge is 0.467 e. The number of benzene rings is 1. The molecule has 1 aliphatic heterocycles. The molecule has 1 aliphatic rings. The van der Waals surface area contributed by atoms with Crippen LogP contribution in [0.4, 0.5) is 0 Å². The molecule has 0 saturated carbocycles. The maximum atomic E-state index is 12.4. The van der Waals surface area contributed by atoms with Gasteiger partial charge in [0.1, 0.15) is 23.9 Å². The van der Waals surface area contributed by atoms with Crippen molar-refractivity contribution in [2.24, 2.45) is 0 Å². The molecule has 1 saturated heterocycles. The molecule has 1 aromatic rings. The first kappa shape index (κ1) is 23.1. The highest BCUT2D eigenvalue weighted by Gasteiger charge is 2.35. The molecule has 0 unspecified atom stereocenters. The number of hydrogen-bond acceptors (Lipinski definition) is 6. The van der Waals surface area contributed by atoms with Crippen molar-refractivity contribution < 1.29 is 28.7 Å². The molecule has 3 N–H and O–H groups in total. The molecule has 3 atom stereocenters. The van der Waals surface area contributed by atoms with Crippen LogP contribution in [0.15, 0.2) is 30.3 Å². The van der Waals surface area contributed by atoms with E-state index < -0.39 is 35.9 Å². The van der Waals surface area contributed by atoms with Crippen LogP contribution in [0.5, 0.6) is 0 Å². The number of carbonyl (C=O) groups excluding carboxylic acids is 5. The summed E-state index contributed by atoms with van der Waals surface area (Å²) in [4.78, 5) is 60.4. The molecule has 1 heterocycles. The van der Waals surface area contributed by atoms with Crippen LogP contribution >= 0.6 is 0 Å². The van der Waals surface area contributed by atoms with Gasteiger partial charge in [-0.15, -0.1) is 0 Å². The van der Waals surface area contributed by atoms with Crippen molar-refractivity contribution in [1.82, 2.24) is 16.0 Å². The minimum Gasteiger partial charge on any atom is -0.467 e. The Morgan fingerprint density at radius 2 is 1.70 bits per heavy atom. The van der Waals surface area contributed by atoms with Gasteiger partial charge >= 0.3 is 5.97 Å². The van der Waals surface area contributed by atoms with Gasteiger partial charge in [0, 0.05) is 19.3 Å². The first-order valence-electron chi connectivity index (χ1n) is 9.87. The molecule has 1 fully saturated rings. The molecule has 9 heteroatoms. The van der Waals surface area contributed by atoms with Crippen LogP contribution in [0, 0.1) is 0 Å². The first-order valence-corrected chi connectivity index (χ1v) is 9.87. The Morgan fingerprint density at radius 3 is 2.33 bits per heavy atom. The van der Waals surface area contributed by atoms with E-state index in [4.69, 9.17) is 0 Å². The van der Waals surface area contributed by atoms with E-state index in [1.54, 1.807) is 6.92 Å². The summed E-state index contributed by atoms with van der Waals surface area (Å²) in [6, 6.07) is 6.50. The fourth-order valence-corrected chi connectivity index (χ4v) is 3.12. The number of esters is 1. The summed E-state index contributed by atoms with van der Waals surface area (Å²) >= 11 is 0. The van der Waals surface area contributed by atoms with Crippen LogP contribution in [0.25, 0.3) is 0 Å². The summed E-state index contributed by atoms with van der Waals surface area (Å²) in [5.41, 5.74) is 0.900. The smallest absolute Gasteiger partial charge is 0.328 e. The van der Waals surface area contributed by atoms with E-state index in [1.807, 2.05) is 30.3 Å². The van der Waals surface area contributed by atoms with Crippen LogP contribution in [-0.2, 0) is 35.1 Å². The average molecular weight is 417 g/mol. The molecular weight excluding hydrogens is 390 g/mol. The molecule has 162 valence electrons. The average Bonchev–Trinajstić information content (AvgIpc) is 2.74. The van der Waals surface area contributed by atoms with Gasteiger partial charge in [0.25, 0.3) is 0 Å². The van der Waals surface area contributed by atoms with Crippen molar-refractivity contribution in [2.75, 3.05) is 7.11 Å². The normalized spacial score (nSPS) is 19.3. The predicted octanol–water partition coefficient (Wildman–Crippen LogP) is 0.0195. The third-order valence-corrected chi connectivity index (χ3v) is 4.87. The van der Waals surface area contributed by atoms with Gasteiger partial charge in [-0.05, 0) is 12.0 Å². The van der Waals surface area contributed by atoms with Gasteiger partial charge in [-0.1, -0.05) is 37.3 Å². The van der Waals surface area contributed by atoms with E-state index in [1.165, 1.54) is 7.11 Å². The summed E-state index contributed by atoms with van der Waals surface area (Å²) < 4.78 is 4.66. The quantitative estimate of drug-likeness (QED) is 0.460. The number of rotatable bonds is 10. The van der Waals surface area contributed by atoms with E-state index in [0.717, 1.165) is 5.56 Å². The first-order chi connectivity index (χ1) is 14.3. The molecule has 0 bridgehead atoms. The highest BCUT2D eigenvalue weighted by molar-refractivity contribution is 5.99. The number of piperazine rings is 1. The molecule has 0 aromatic heterocycles.